The topological polar surface area (TPSA) is 21.1 Å². The Hall–Kier alpha value is -3.69. The fourth-order valence-corrected chi connectivity index (χ4v) is 4.82. The van der Waals surface area contributed by atoms with Crippen molar-refractivity contribution in [3.8, 4) is 11.1 Å². The van der Waals surface area contributed by atoms with Crippen LogP contribution in [-0.2, 0) is 19.3 Å². The summed E-state index contributed by atoms with van der Waals surface area (Å²) in [6.07, 6.45) is 2.80. The van der Waals surface area contributed by atoms with Crippen LogP contribution < -0.4 is 0 Å². The smallest absolute Gasteiger partial charge is 0.187 e. The Morgan fingerprint density at radius 3 is 2.18 bits per heavy atom. The second-order valence-electron chi connectivity index (χ2n) is 7.66. The number of fused-ring (bicyclic) bond motifs is 2. The average Bonchev–Trinajstić information content (AvgIpc) is 3.25. The zero-order valence-electron chi connectivity index (χ0n) is 15.3. The molecule has 0 bridgehead atoms. The van der Waals surface area contributed by atoms with Crippen LogP contribution in [0.5, 0.6) is 0 Å². The van der Waals surface area contributed by atoms with Gasteiger partial charge in [0.2, 0.25) is 0 Å². The first-order valence-electron chi connectivity index (χ1n) is 9.35. The summed E-state index contributed by atoms with van der Waals surface area (Å²) in [7, 11) is 0. The highest BCUT2D eigenvalue weighted by Crippen LogP contribution is 2.48. The maximum atomic E-state index is 7.39. The first-order chi connectivity index (χ1) is 13.7. The normalized spacial score (nSPS) is 17.1. The molecule has 0 fully saturated rings. The second kappa shape index (κ2) is 6.19. The highest BCUT2D eigenvalue weighted by atomic mass is 15.2. The van der Waals surface area contributed by atoms with Crippen molar-refractivity contribution in [2.75, 3.05) is 0 Å². The van der Waals surface area contributed by atoms with Crippen LogP contribution in [0.1, 0.15) is 22.3 Å². The molecule has 1 spiro atoms. The molecule has 5 rings (SSSR count). The average molecular weight is 359 g/mol. The molecule has 0 atom stereocenters. The molecule has 3 aromatic carbocycles. The van der Waals surface area contributed by atoms with Gasteiger partial charge in [0.25, 0.3) is 0 Å². The molecule has 0 amide bonds. The zero-order chi connectivity index (χ0) is 19.1. The van der Waals surface area contributed by atoms with E-state index in [1.807, 2.05) is 24.3 Å². The van der Waals surface area contributed by atoms with Gasteiger partial charge in [-0.3, -0.25) is 0 Å². The SMILES string of the molecule is [C-]#[N+]/N=C1/c2cc(-c3cccc([N+]#[C-])c3)ccc2CC12Cc1ccccc1C2. The van der Waals surface area contributed by atoms with Gasteiger partial charge in [-0.2, -0.15) is 6.57 Å². The lowest BCUT2D eigenvalue weighted by Crippen LogP contribution is -2.29. The van der Waals surface area contributed by atoms with Crippen LogP contribution in [0.25, 0.3) is 20.9 Å². The van der Waals surface area contributed by atoms with E-state index in [1.165, 1.54) is 16.7 Å². The fourth-order valence-electron chi connectivity index (χ4n) is 4.82. The highest BCUT2D eigenvalue weighted by molar-refractivity contribution is 6.10. The van der Waals surface area contributed by atoms with Crippen molar-refractivity contribution in [1.82, 2.24) is 0 Å². The van der Waals surface area contributed by atoms with E-state index in [0.717, 1.165) is 41.7 Å². The van der Waals surface area contributed by atoms with E-state index < -0.39 is 0 Å². The third-order valence-electron chi connectivity index (χ3n) is 6.03. The first-order valence-corrected chi connectivity index (χ1v) is 9.35. The molecule has 0 unspecified atom stereocenters. The molecule has 0 radical (unpaired) electrons. The predicted octanol–water partition coefficient (Wildman–Crippen LogP) is 5.87. The molecular weight excluding hydrogens is 342 g/mol. The van der Waals surface area contributed by atoms with Gasteiger partial charge in [-0.05, 0) is 59.2 Å². The molecule has 0 aromatic heterocycles. The van der Waals surface area contributed by atoms with Crippen LogP contribution in [0.3, 0.4) is 0 Å². The molecule has 2 aliphatic rings. The third kappa shape index (κ3) is 2.45. The quantitative estimate of drug-likeness (QED) is 0.383. The molecule has 0 saturated carbocycles. The van der Waals surface area contributed by atoms with E-state index in [9.17, 15) is 0 Å². The van der Waals surface area contributed by atoms with Crippen LogP contribution >= 0.6 is 0 Å². The maximum Gasteiger partial charge on any atom is 0.187 e. The van der Waals surface area contributed by atoms with Gasteiger partial charge >= 0.3 is 0 Å². The zero-order valence-corrected chi connectivity index (χ0v) is 15.3. The summed E-state index contributed by atoms with van der Waals surface area (Å²) in [5.41, 5.74) is 8.65. The molecule has 132 valence electrons. The summed E-state index contributed by atoms with van der Waals surface area (Å²) in [5.74, 6) is 0. The number of nitrogens with zero attached hydrogens (tertiary/aromatic N) is 3. The Kier molecular flexibility index (Phi) is 3.64. The minimum atomic E-state index is -0.104. The van der Waals surface area contributed by atoms with E-state index in [4.69, 9.17) is 13.1 Å². The largest absolute Gasteiger partial charge is 0.238 e. The molecule has 0 heterocycles. The summed E-state index contributed by atoms with van der Waals surface area (Å²) < 4.78 is 0. The lowest BCUT2D eigenvalue weighted by atomic mass is 9.80. The van der Waals surface area contributed by atoms with Crippen molar-refractivity contribution < 1.29 is 0 Å². The minimum Gasteiger partial charge on any atom is -0.238 e. The van der Waals surface area contributed by atoms with Crippen molar-refractivity contribution in [1.29, 1.82) is 0 Å². The van der Waals surface area contributed by atoms with Gasteiger partial charge in [0.1, 0.15) is 5.71 Å². The molecule has 0 N–H and O–H groups in total. The van der Waals surface area contributed by atoms with Gasteiger partial charge in [-0.1, -0.05) is 54.6 Å². The van der Waals surface area contributed by atoms with Crippen LogP contribution in [0.2, 0.25) is 0 Å². The van der Waals surface area contributed by atoms with Gasteiger partial charge < -0.3 is 0 Å². The Balaban J connectivity index is 1.61. The Labute approximate surface area is 164 Å². The predicted molar refractivity (Wildman–Crippen MR) is 111 cm³/mol. The third-order valence-corrected chi connectivity index (χ3v) is 6.03. The lowest BCUT2D eigenvalue weighted by molar-refractivity contribution is 0.459. The number of hydrogen-bond acceptors (Lipinski definition) is 1. The Bertz CT molecular complexity index is 1200. The molecule has 2 aliphatic carbocycles. The summed E-state index contributed by atoms with van der Waals surface area (Å²) in [6, 6.07) is 22.7. The van der Waals surface area contributed by atoms with E-state index in [1.54, 1.807) is 0 Å². The summed E-state index contributed by atoms with van der Waals surface area (Å²) in [4.78, 5) is 6.97. The molecule has 3 nitrogen and oxygen atoms in total. The highest BCUT2D eigenvalue weighted by Gasteiger charge is 2.48. The molecule has 28 heavy (non-hydrogen) atoms. The van der Waals surface area contributed by atoms with Crippen molar-refractivity contribution in [3.05, 3.63) is 112 Å². The van der Waals surface area contributed by atoms with Crippen molar-refractivity contribution in [2.24, 2.45) is 10.5 Å². The van der Waals surface area contributed by atoms with Gasteiger partial charge in [-0.15, -0.1) is 4.95 Å². The monoisotopic (exact) mass is 359 g/mol. The second-order valence-corrected chi connectivity index (χ2v) is 7.66. The van der Waals surface area contributed by atoms with Crippen molar-refractivity contribution in [3.63, 3.8) is 0 Å². The van der Waals surface area contributed by atoms with E-state index in [0.29, 0.717) is 5.69 Å². The molecule has 0 aliphatic heterocycles. The van der Waals surface area contributed by atoms with Crippen molar-refractivity contribution in [2.45, 2.75) is 19.3 Å². The molecule has 3 heteroatoms. The summed E-state index contributed by atoms with van der Waals surface area (Å²) in [6.45, 7) is 14.6. The molecule has 0 saturated heterocycles. The van der Waals surface area contributed by atoms with E-state index in [-0.39, 0.29) is 5.41 Å². The minimum absolute atomic E-state index is 0.104. The Morgan fingerprint density at radius 2 is 1.46 bits per heavy atom. The Morgan fingerprint density at radius 1 is 0.750 bits per heavy atom. The van der Waals surface area contributed by atoms with Gasteiger partial charge in [0.15, 0.2) is 5.69 Å². The van der Waals surface area contributed by atoms with Gasteiger partial charge in [-0.25, -0.2) is 4.85 Å². The van der Waals surface area contributed by atoms with Crippen LogP contribution in [0.4, 0.5) is 5.69 Å². The standard InChI is InChI=1S/C25H17N3/c1-26-22-9-5-8-17(12-22)18-10-11-21-16-25(24(28-27-2)23(21)13-18)14-19-6-3-4-7-20(19)15-25/h3-13H,14-16H2/b28-24-. The van der Waals surface area contributed by atoms with E-state index in [2.05, 4.69) is 57.4 Å². The number of hydrogen-bond donors (Lipinski definition) is 0. The summed E-state index contributed by atoms with van der Waals surface area (Å²) in [5, 5.41) is 4.31. The van der Waals surface area contributed by atoms with Crippen LogP contribution in [-0.4, -0.2) is 5.71 Å². The first kappa shape index (κ1) is 16.5. The van der Waals surface area contributed by atoms with Crippen LogP contribution in [0.15, 0.2) is 71.8 Å². The van der Waals surface area contributed by atoms with Gasteiger partial charge in [0, 0.05) is 11.0 Å². The number of rotatable bonds is 1. The van der Waals surface area contributed by atoms with E-state index >= 15 is 0 Å². The van der Waals surface area contributed by atoms with Crippen LogP contribution in [0, 0.1) is 18.6 Å². The fraction of sp³-hybridized carbons (Fsp3) is 0.160. The van der Waals surface area contributed by atoms with Crippen molar-refractivity contribution >= 4 is 11.4 Å². The maximum absolute atomic E-state index is 7.39. The summed E-state index contributed by atoms with van der Waals surface area (Å²) >= 11 is 0. The molecular formula is C25H17N3. The number of benzene rings is 3. The molecule has 3 aromatic rings. The lowest BCUT2D eigenvalue weighted by Gasteiger charge is -2.21. The van der Waals surface area contributed by atoms with Gasteiger partial charge in [0.05, 0.1) is 11.7 Å².